The molecular weight excluding hydrogens is 358 g/mol. The molecule has 0 atom stereocenters. The number of piperazine rings is 1. The standard InChI is InChI=1S/C18H18ClN3O2S/c19-17-5-7-18(8-6-17)25(23,24)22-11-9-21(10-12-22)14-16-4-2-1-3-15(16)13-20/h1-8H,9-12,14H2. The molecule has 1 saturated heterocycles. The van der Waals surface area contributed by atoms with E-state index >= 15 is 0 Å². The van der Waals surface area contributed by atoms with Gasteiger partial charge in [0.1, 0.15) is 0 Å². The molecule has 0 aliphatic carbocycles. The van der Waals surface area contributed by atoms with E-state index in [1.807, 2.05) is 18.2 Å². The van der Waals surface area contributed by atoms with E-state index in [4.69, 9.17) is 11.6 Å². The number of benzene rings is 2. The van der Waals surface area contributed by atoms with Crippen molar-refractivity contribution >= 4 is 21.6 Å². The Kier molecular flexibility index (Phi) is 5.40. The Morgan fingerprint density at radius 2 is 1.64 bits per heavy atom. The van der Waals surface area contributed by atoms with Crippen molar-refractivity contribution < 1.29 is 8.42 Å². The molecule has 1 aliphatic rings. The Hall–Kier alpha value is -1.91. The first-order chi connectivity index (χ1) is 12.0. The molecule has 1 fully saturated rings. The Balaban J connectivity index is 1.65. The zero-order chi connectivity index (χ0) is 17.9. The van der Waals surface area contributed by atoms with Gasteiger partial charge < -0.3 is 0 Å². The number of rotatable bonds is 4. The molecule has 25 heavy (non-hydrogen) atoms. The highest BCUT2D eigenvalue weighted by Gasteiger charge is 2.28. The fourth-order valence-corrected chi connectivity index (χ4v) is 4.44. The molecule has 0 unspecified atom stereocenters. The van der Waals surface area contributed by atoms with Crippen LogP contribution in [0.5, 0.6) is 0 Å². The van der Waals surface area contributed by atoms with Crippen LogP contribution in [0.1, 0.15) is 11.1 Å². The van der Waals surface area contributed by atoms with Gasteiger partial charge in [-0.05, 0) is 35.9 Å². The molecule has 5 nitrogen and oxygen atoms in total. The molecule has 0 N–H and O–H groups in total. The van der Waals surface area contributed by atoms with Crippen molar-refractivity contribution in [2.24, 2.45) is 0 Å². The third-order valence-electron chi connectivity index (χ3n) is 4.31. The summed E-state index contributed by atoms with van der Waals surface area (Å²) in [6.07, 6.45) is 0. The number of hydrogen-bond donors (Lipinski definition) is 0. The Morgan fingerprint density at radius 1 is 1.00 bits per heavy atom. The van der Waals surface area contributed by atoms with E-state index in [-0.39, 0.29) is 4.90 Å². The van der Waals surface area contributed by atoms with Gasteiger partial charge in [0.05, 0.1) is 16.5 Å². The molecule has 0 aromatic heterocycles. The van der Waals surface area contributed by atoms with Crippen molar-refractivity contribution in [2.75, 3.05) is 26.2 Å². The second kappa shape index (κ2) is 7.54. The Morgan fingerprint density at radius 3 is 2.28 bits per heavy atom. The third kappa shape index (κ3) is 4.02. The van der Waals surface area contributed by atoms with Gasteiger partial charge in [0.25, 0.3) is 0 Å². The lowest BCUT2D eigenvalue weighted by Gasteiger charge is -2.34. The van der Waals surface area contributed by atoms with Crippen molar-refractivity contribution in [3.05, 3.63) is 64.7 Å². The first kappa shape index (κ1) is 17.9. The van der Waals surface area contributed by atoms with Crippen LogP contribution in [-0.4, -0.2) is 43.8 Å². The van der Waals surface area contributed by atoms with E-state index < -0.39 is 10.0 Å². The highest BCUT2D eigenvalue weighted by Crippen LogP contribution is 2.20. The summed E-state index contributed by atoms with van der Waals surface area (Å²) in [6, 6.07) is 15.9. The minimum atomic E-state index is -3.49. The lowest BCUT2D eigenvalue weighted by Crippen LogP contribution is -2.48. The summed E-state index contributed by atoms with van der Waals surface area (Å²) in [7, 11) is -3.49. The highest BCUT2D eigenvalue weighted by molar-refractivity contribution is 7.89. The molecule has 0 bridgehead atoms. The predicted molar refractivity (Wildman–Crippen MR) is 96.6 cm³/mol. The van der Waals surface area contributed by atoms with Crippen molar-refractivity contribution in [1.82, 2.24) is 9.21 Å². The van der Waals surface area contributed by atoms with E-state index in [2.05, 4.69) is 11.0 Å². The normalized spacial score (nSPS) is 16.5. The average Bonchev–Trinajstić information content (AvgIpc) is 2.63. The number of hydrogen-bond acceptors (Lipinski definition) is 4. The van der Waals surface area contributed by atoms with Gasteiger partial charge in [-0.2, -0.15) is 9.57 Å². The lowest BCUT2D eigenvalue weighted by molar-refractivity contribution is 0.181. The molecule has 2 aromatic carbocycles. The van der Waals surface area contributed by atoms with Crippen molar-refractivity contribution in [3.63, 3.8) is 0 Å². The van der Waals surface area contributed by atoms with Gasteiger partial charge >= 0.3 is 0 Å². The predicted octanol–water partition coefficient (Wildman–Crippen LogP) is 2.72. The summed E-state index contributed by atoms with van der Waals surface area (Å²) >= 11 is 5.83. The first-order valence-electron chi connectivity index (χ1n) is 7.97. The molecule has 7 heteroatoms. The van der Waals surface area contributed by atoms with Crippen LogP contribution in [0.25, 0.3) is 0 Å². The zero-order valence-corrected chi connectivity index (χ0v) is 15.2. The minimum absolute atomic E-state index is 0.264. The maximum Gasteiger partial charge on any atom is 0.243 e. The van der Waals surface area contributed by atoms with Gasteiger partial charge in [-0.25, -0.2) is 8.42 Å². The fraction of sp³-hybridized carbons (Fsp3) is 0.278. The zero-order valence-electron chi connectivity index (χ0n) is 13.6. The molecule has 1 aliphatic heterocycles. The van der Waals surface area contributed by atoms with Crippen molar-refractivity contribution in [3.8, 4) is 6.07 Å². The molecule has 0 spiro atoms. The van der Waals surface area contributed by atoms with E-state index in [1.54, 1.807) is 18.2 Å². The largest absolute Gasteiger partial charge is 0.296 e. The van der Waals surface area contributed by atoms with Crippen LogP contribution in [0.3, 0.4) is 0 Å². The van der Waals surface area contributed by atoms with E-state index in [1.165, 1.54) is 16.4 Å². The molecule has 0 amide bonds. The van der Waals surface area contributed by atoms with E-state index in [9.17, 15) is 13.7 Å². The monoisotopic (exact) mass is 375 g/mol. The number of nitriles is 1. The van der Waals surface area contributed by atoms with Gasteiger partial charge in [0.15, 0.2) is 0 Å². The number of halogens is 1. The number of sulfonamides is 1. The summed E-state index contributed by atoms with van der Waals surface area (Å²) in [4.78, 5) is 2.43. The maximum atomic E-state index is 12.7. The molecule has 130 valence electrons. The van der Waals surface area contributed by atoms with Crippen LogP contribution in [0.4, 0.5) is 0 Å². The summed E-state index contributed by atoms with van der Waals surface area (Å²) in [6.45, 7) is 2.77. The fourth-order valence-electron chi connectivity index (χ4n) is 2.89. The van der Waals surface area contributed by atoms with Crippen molar-refractivity contribution in [2.45, 2.75) is 11.4 Å². The van der Waals surface area contributed by atoms with Gasteiger partial charge in [-0.15, -0.1) is 0 Å². The summed E-state index contributed by atoms with van der Waals surface area (Å²) in [5.74, 6) is 0. The summed E-state index contributed by atoms with van der Waals surface area (Å²) < 4.78 is 26.9. The van der Waals surface area contributed by atoms with Crippen LogP contribution < -0.4 is 0 Å². The van der Waals surface area contributed by atoms with E-state index in [0.29, 0.717) is 43.3 Å². The van der Waals surface area contributed by atoms with Crippen LogP contribution in [0.15, 0.2) is 53.4 Å². The molecule has 0 saturated carbocycles. The molecule has 2 aromatic rings. The summed E-state index contributed by atoms with van der Waals surface area (Å²) in [5.41, 5.74) is 1.64. The maximum absolute atomic E-state index is 12.7. The number of nitrogens with zero attached hydrogens (tertiary/aromatic N) is 3. The Bertz CT molecular complexity index is 883. The molecule has 0 radical (unpaired) electrons. The van der Waals surface area contributed by atoms with Crippen LogP contribution in [-0.2, 0) is 16.6 Å². The van der Waals surface area contributed by atoms with E-state index in [0.717, 1.165) is 5.56 Å². The van der Waals surface area contributed by atoms with Crippen LogP contribution in [0, 0.1) is 11.3 Å². The second-order valence-electron chi connectivity index (χ2n) is 5.90. The molecule has 3 rings (SSSR count). The lowest BCUT2D eigenvalue weighted by atomic mass is 10.1. The van der Waals surface area contributed by atoms with Gasteiger partial charge in [0, 0.05) is 37.7 Å². The highest BCUT2D eigenvalue weighted by atomic mass is 35.5. The van der Waals surface area contributed by atoms with Gasteiger partial charge in [-0.3, -0.25) is 4.90 Å². The van der Waals surface area contributed by atoms with Crippen LogP contribution >= 0.6 is 11.6 Å². The first-order valence-corrected chi connectivity index (χ1v) is 9.78. The topological polar surface area (TPSA) is 64.4 Å². The SMILES string of the molecule is N#Cc1ccccc1CN1CCN(S(=O)(=O)c2ccc(Cl)cc2)CC1. The average molecular weight is 376 g/mol. The van der Waals surface area contributed by atoms with Crippen molar-refractivity contribution in [1.29, 1.82) is 5.26 Å². The Labute approximate surface area is 153 Å². The summed E-state index contributed by atoms with van der Waals surface area (Å²) in [5, 5.41) is 9.69. The smallest absolute Gasteiger partial charge is 0.243 e. The van der Waals surface area contributed by atoms with Gasteiger partial charge in [-0.1, -0.05) is 29.8 Å². The third-order valence-corrected chi connectivity index (χ3v) is 6.48. The minimum Gasteiger partial charge on any atom is -0.296 e. The van der Waals surface area contributed by atoms with Crippen LogP contribution in [0.2, 0.25) is 5.02 Å². The quantitative estimate of drug-likeness (QED) is 0.824. The molecule has 1 heterocycles. The van der Waals surface area contributed by atoms with Gasteiger partial charge in [0.2, 0.25) is 10.0 Å². The second-order valence-corrected chi connectivity index (χ2v) is 8.28. The molecular formula is C18H18ClN3O2S.